The van der Waals surface area contributed by atoms with Gasteiger partial charge < -0.3 is 4.98 Å². The average molecular weight is 258 g/mol. The molecule has 1 N–H and O–H groups in total. The topological polar surface area (TPSA) is 28.7 Å². The van der Waals surface area contributed by atoms with Crippen LogP contribution in [0, 0.1) is 17.6 Å². The zero-order valence-corrected chi connectivity index (χ0v) is 11.8. The monoisotopic (exact) mass is 258 g/mol. The highest BCUT2D eigenvalue weighted by molar-refractivity contribution is 7.71. The Morgan fingerprint density at radius 1 is 1.22 bits per heavy atom. The summed E-state index contributed by atoms with van der Waals surface area (Å²) in [6.07, 6.45) is 1.11. The summed E-state index contributed by atoms with van der Waals surface area (Å²) in [5, 5.41) is 0. The van der Waals surface area contributed by atoms with Gasteiger partial charge in [0.15, 0.2) is 4.77 Å². The normalized spacial score (nSPS) is 10.9. The number of nitrogens with one attached hydrogen (secondary N) is 1. The molecule has 0 fully saturated rings. The van der Waals surface area contributed by atoms with Gasteiger partial charge in [0.25, 0.3) is 0 Å². The molecule has 0 saturated heterocycles. The minimum atomic E-state index is 0.538. The van der Waals surface area contributed by atoms with Crippen molar-refractivity contribution in [1.82, 2.24) is 9.97 Å². The fourth-order valence-corrected chi connectivity index (χ4v) is 2.27. The van der Waals surface area contributed by atoms with E-state index in [9.17, 15) is 0 Å². The second-order valence-corrected chi connectivity index (χ2v) is 5.44. The van der Waals surface area contributed by atoms with Gasteiger partial charge in [-0.25, -0.2) is 4.98 Å². The molecule has 1 aromatic carbocycles. The van der Waals surface area contributed by atoms with Crippen LogP contribution in [0.2, 0.25) is 0 Å². The number of aromatic amines is 1. The van der Waals surface area contributed by atoms with Gasteiger partial charge in [0.1, 0.15) is 0 Å². The third-order valence-corrected chi connectivity index (χ3v) is 2.97. The van der Waals surface area contributed by atoms with E-state index in [4.69, 9.17) is 12.2 Å². The van der Waals surface area contributed by atoms with Gasteiger partial charge in [-0.05, 0) is 43.1 Å². The van der Waals surface area contributed by atoms with Crippen molar-refractivity contribution in [1.29, 1.82) is 0 Å². The molecule has 1 heterocycles. The number of hydrogen-bond acceptors (Lipinski definition) is 2. The number of nitrogens with zero attached hydrogens (tertiary/aromatic N) is 1. The van der Waals surface area contributed by atoms with E-state index in [0.29, 0.717) is 10.7 Å². The molecule has 18 heavy (non-hydrogen) atoms. The largest absolute Gasteiger partial charge is 0.335 e. The summed E-state index contributed by atoms with van der Waals surface area (Å²) in [7, 11) is 0. The molecule has 0 aliphatic rings. The number of benzene rings is 1. The van der Waals surface area contributed by atoms with Crippen LogP contribution in [0.25, 0.3) is 11.3 Å². The summed E-state index contributed by atoms with van der Waals surface area (Å²) >= 11 is 5.10. The summed E-state index contributed by atoms with van der Waals surface area (Å²) in [5.41, 5.74) is 4.46. The minimum Gasteiger partial charge on any atom is -0.335 e. The Bertz CT molecular complexity index is 582. The molecule has 1 aromatic heterocycles. The van der Waals surface area contributed by atoms with Gasteiger partial charge in [0, 0.05) is 11.3 Å². The first kappa shape index (κ1) is 13.0. The molecule has 0 spiro atoms. The second-order valence-electron chi connectivity index (χ2n) is 5.05. The Balaban J connectivity index is 2.31. The Hall–Kier alpha value is -1.48. The first-order valence-electron chi connectivity index (χ1n) is 6.22. The molecule has 0 aliphatic carbocycles. The predicted molar refractivity (Wildman–Crippen MR) is 78.1 cm³/mol. The van der Waals surface area contributed by atoms with Gasteiger partial charge in [-0.15, -0.1) is 0 Å². The average Bonchev–Trinajstić information content (AvgIpc) is 2.27. The molecule has 2 rings (SSSR count). The summed E-state index contributed by atoms with van der Waals surface area (Å²) in [6.45, 7) is 6.46. The van der Waals surface area contributed by atoms with Crippen molar-refractivity contribution in [2.75, 3.05) is 0 Å². The van der Waals surface area contributed by atoms with Crippen LogP contribution < -0.4 is 0 Å². The molecule has 94 valence electrons. The predicted octanol–water partition coefficient (Wildman–Crippen LogP) is 4.31. The molecule has 0 unspecified atom stereocenters. The molecule has 0 bridgehead atoms. The fraction of sp³-hybridized carbons (Fsp3) is 0.333. The van der Waals surface area contributed by atoms with Gasteiger partial charge in [-0.3, -0.25) is 0 Å². The van der Waals surface area contributed by atoms with Crippen molar-refractivity contribution in [2.45, 2.75) is 27.2 Å². The zero-order chi connectivity index (χ0) is 13.1. The quantitative estimate of drug-likeness (QED) is 0.831. The lowest BCUT2D eigenvalue weighted by molar-refractivity contribution is 0.647. The van der Waals surface area contributed by atoms with E-state index in [2.05, 4.69) is 48.1 Å². The van der Waals surface area contributed by atoms with Crippen molar-refractivity contribution < 1.29 is 0 Å². The maximum atomic E-state index is 5.10. The van der Waals surface area contributed by atoms with E-state index in [1.807, 2.05) is 13.0 Å². The highest BCUT2D eigenvalue weighted by Crippen LogP contribution is 2.19. The number of aromatic nitrogens is 2. The molecule has 0 radical (unpaired) electrons. The Morgan fingerprint density at radius 3 is 2.44 bits per heavy atom. The highest BCUT2D eigenvalue weighted by Gasteiger charge is 2.02. The number of aryl methyl sites for hydroxylation is 1. The third-order valence-electron chi connectivity index (χ3n) is 2.77. The van der Waals surface area contributed by atoms with E-state index in [-0.39, 0.29) is 0 Å². The van der Waals surface area contributed by atoms with Crippen molar-refractivity contribution in [3.05, 3.63) is 46.4 Å². The lowest BCUT2D eigenvalue weighted by Gasteiger charge is -2.06. The summed E-state index contributed by atoms with van der Waals surface area (Å²) in [6, 6.07) is 10.6. The van der Waals surface area contributed by atoms with Crippen LogP contribution in [0.1, 0.15) is 25.1 Å². The summed E-state index contributed by atoms with van der Waals surface area (Å²) in [5.74, 6) is 0.682. The molecule has 0 amide bonds. The van der Waals surface area contributed by atoms with Gasteiger partial charge in [0.2, 0.25) is 0 Å². The Morgan fingerprint density at radius 2 is 1.89 bits per heavy atom. The molecule has 0 atom stereocenters. The fourth-order valence-electron chi connectivity index (χ4n) is 2.01. The van der Waals surface area contributed by atoms with Gasteiger partial charge in [0.05, 0.1) is 5.69 Å². The Labute approximate surface area is 113 Å². The van der Waals surface area contributed by atoms with Crippen LogP contribution in [0.4, 0.5) is 0 Å². The first-order valence-corrected chi connectivity index (χ1v) is 6.62. The number of H-pyrrole nitrogens is 1. The van der Waals surface area contributed by atoms with E-state index < -0.39 is 0 Å². The zero-order valence-electron chi connectivity index (χ0n) is 11.0. The minimum absolute atomic E-state index is 0.538. The molecule has 2 aromatic rings. The van der Waals surface area contributed by atoms with E-state index in [1.165, 1.54) is 5.56 Å². The van der Waals surface area contributed by atoms with E-state index in [0.717, 1.165) is 23.4 Å². The van der Waals surface area contributed by atoms with Crippen LogP contribution in [-0.2, 0) is 6.42 Å². The molecular formula is C15H18N2S. The third kappa shape index (κ3) is 3.26. The van der Waals surface area contributed by atoms with Crippen molar-refractivity contribution in [2.24, 2.45) is 5.92 Å². The van der Waals surface area contributed by atoms with E-state index >= 15 is 0 Å². The van der Waals surface area contributed by atoms with Crippen molar-refractivity contribution in [3.63, 3.8) is 0 Å². The Kier molecular flexibility index (Phi) is 3.92. The summed E-state index contributed by atoms with van der Waals surface area (Å²) in [4.78, 5) is 7.38. The molecule has 0 saturated carbocycles. The SMILES string of the molecule is Cc1cc(-c2ccc(CC(C)C)cc2)nc(=S)[nH]1. The molecular weight excluding hydrogens is 240 g/mol. The van der Waals surface area contributed by atoms with Crippen LogP contribution in [0.3, 0.4) is 0 Å². The van der Waals surface area contributed by atoms with Gasteiger partial charge >= 0.3 is 0 Å². The smallest absolute Gasteiger partial charge is 0.197 e. The van der Waals surface area contributed by atoms with Gasteiger partial charge in [-0.2, -0.15) is 0 Å². The number of rotatable bonds is 3. The van der Waals surface area contributed by atoms with Gasteiger partial charge in [-0.1, -0.05) is 38.1 Å². The first-order chi connectivity index (χ1) is 8.54. The van der Waals surface area contributed by atoms with Crippen molar-refractivity contribution >= 4 is 12.2 Å². The van der Waals surface area contributed by atoms with Crippen molar-refractivity contribution in [3.8, 4) is 11.3 Å². The lowest BCUT2D eigenvalue weighted by Crippen LogP contribution is -1.94. The number of hydrogen-bond donors (Lipinski definition) is 1. The second kappa shape index (κ2) is 5.44. The molecule has 2 nitrogen and oxygen atoms in total. The maximum Gasteiger partial charge on any atom is 0.197 e. The summed E-state index contributed by atoms with van der Waals surface area (Å²) < 4.78 is 0.538. The highest BCUT2D eigenvalue weighted by atomic mass is 32.1. The maximum absolute atomic E-state index is 5.10. The van der Waals surface area contributed by atoms with Crippen LogP contribution in [-0.4, -0.2) is 9.97 Å². The van der Waals surface area contributed by atoms with Crippen LogP contribution >= 0.6 is 12.2 Å². The lowest BCUT2D eigenvalue weighted by atomic mass is 10.0. The van der Waals surface area contributed by atoms with E-state index in [1.54, 1.807) is 0 Å². The molecule has 0 aliphatic heterocycles. The van der Waals surface area contributed by atoms with Crippen LogP contribution in [0.15, 0.2) is 30.3 Å². The van der Waals surface area contributed by atoms with Crippen LogP contribution in [0.5, 0.6) is 0 Å². The molecule has 3 heteroatoms. The standard InChI is InChI=1S/C15H18N2S/c1-10(2)8-12-4-6-13(7-5-12)14-9-11(3)16-15(18)17-14/h4-7,9-10H,8H2,1-3H3,(H,16,17,18).